The van der Waals surface area contributed by atoms with Gasteiger partial charge in [0.2, 0.25) is 0 Å². The van der Waals surface area contributed by atoms with Gasteiger partial charge in [0.25, 0.3) is 0 Å². The van der Waals surface area contributed by atoms with Gasteiger partial charge in [-0.05, 0) is 133 Å². The Bertz CT molecular complexity index is 1600. The largest absolute Gasteiger partial charge is 0.207 e. The van der Waals surface area contributed by atoms with Gasteiger partial charge in [-0.2, -0.15) is 0 Å². The molecule has 0 amide bonds. The van der Waals surface area contributed by atoms with E-state index in [-0.39, 0.29) is 5.82 Å². The molecule has 5 rings (SSSR count). The Kier molecular flexibility index (Phi) is 7.23. The fourth-order valence-corrected chi connectivity index (χ4v) is 6.44. The summed E-state index contributed by atoms with van der Waals surface area (Å²) in [7, 11) is 0. The maximum Gasteiger partial charge on any atom is 0.127 e. The molecule has 0 nitrogen and oxygen atoms in total. The van der Waals surface area contributed by atoms with Crippen LogP contribution in [0.5, 0.6) is 0 Å². The molecule has 1 saturated carbocycles. The van der Waals surface area contributed by atoms with E-state index in [4.69, 9.17) is 0 Å². The lowest BCUT2D eigenvalue weighted by Crippen LogP contribution is -2.14. The number of rotatable bonds is 6. The van der Waals surface area contributed by atoms with Crippen LogP contribution in [-0.4, -0.2) is 0 Å². The van der Waals surface area contributed by atoms with Gasteiger partial charge in [-0.25, -0.2) is 4.39 Å². The zero-order chi connectivity index (χ0) is 27.9. The Morgan fingerprint density at radius 2 is 1.64 bits per heavy atom. The second-order valence-electron chi connectivity index (χ2n) is 11.5. The fraction of sp³-hybridized carbons (Fsp3) is 0.289. The Morgan fingerprint density at radius 3 is 2.28 bits per heavy atom. The van der Waals surface area contributed by atoms with E-state index >= 15 is 0 Å². The lowest BCUT2D eigenvalue weighted by molar-refractivity contribution is 0.574. The van der Waals surface area contributed by atoms with Gasteiger partial charge in [0, 0.05) is 12.0 Å². The van der Waals surface area contributed by atoms with Crippen molar-refractivity contribution in [3.8, 4) is 22.3 Å². The molecule has 0 aliphatic heterocycles. The van der Waals surface area contributed by atoms with E-state index in [1.54, 1.807) is 11.6 Å². The van der Waals surface area contributed by atoms with Crippen molar-refractivity contribution in [3.05, 3.63) is 130 Å². The van der Waals surface area contributed by atoms with E-state index in [0.717, 1.165) is 40.7 Å². The molecular formula is C38H39F. The van der Waals surface area contributed by atoms with Crippen LogP contribution in [0.25, 0.3) is 27.8 Å². The van der Waals surface area contributed by atoms with Crippen LogP contribution in [0.15, 0.2) is 96.3 Å². The van der Waals surface area contributed by atoms with Crippen LogP contribution in [0, 0.1) is 32.0 Å². The molecule has 2 aliphatic rings. The van der Waals surface area contributed by atoms with Gasteiger partial charge in [0.05, 0.1) is 0 Å². The second-order valence-corrected chi connectivity index (χ2v) is 11.5. The van der Waals surface area contributed by atoms with Crippen molar-refractivity contribution in [2.45, 2.75) is 66.7 Å². The fourth-order valence-electron chi connectivity index (χ4n) is 6.44. The highest BCUT2D eigenvalue weighted by Gasteiger charge is 2.48. The van der Waals surface area contributed by atoms with Crippen molar-refractivity contribution in [2.75, 3.05) is 0 Å². The molecule has 39 heavy (non-hydrogen) atoms. The molecule has 1 spiro atoms. The lowest BCUT2D eigenvalue weighted by atomic mass is 9.76. The summed E-state index contributed by atoms with van der Waals surface area (Å²) in [5.41, 5.74) is 18.4. The summed E-state index contributed by atoms with van der Waals surface area (Å²) < 4.78 is 14.9. The molecule has 1 heteroatoms. The third-order valence-corrected chi connectivity index (χ3v) is 9.06. The summed E-state index contributed by atoms with van der Waals surface area (Å²) in [4.78, 5) is 0. The molecule has 0 aromatic heterocycles. The van der Waals surface area contributed by atoms with Gasteiger partial charge in [-0.1, -0.05) is 72.9 Å². The maximum absolute atomic E-state index is 14.9. The van der Waals surface area contributed by atoms with Crippen LogP contribution < -0.4 is 0 Å². The molecule has 0 radical (unpaired) electrons. The van der Waals surface area contributed by atoms with Crippen molar-refractivity contribution >= 4 is 5.57 Å². The number of halogens is 1. The zero-order valence-corrected chi connectivity index (χ0v) is 24.1. The first-order chi connectivity index (χ1) is 18.7. The summed E-state index contributed by atoms with van der Waals surface area (Å²) in [6.45, 7) is 18.5. The highest BCUT2D eigenvalue weighted by Crippen LogP contribution is 2.60. The normalized spacial score (nSPS) is 16.7. The molecule has 3 aromatic carbocycles. The lowest BCUT2D eigenvalue weighted by Gasteiger charge is -2.27. The molecule has 1 fully saturated rings. The first kappa shape index (κ1) is 26.9. The van der Waals surface area contributed by atoms with E-state index in [1.807, 2.05) is 13.8 Å². The standard InChI is InChI=1S/C38H39F/c1-8-28-16-17-36(38(23-28)18-19-38)29(9-2)20-30-12-10-14-33(25(30)5)34-15-11-13-32(26(34)6)31-21-35(24(3)4)27(7)37(39)22-31/h8,10-15,17,21-22H,2-3,16,18-20,23H2,1,4-7H3/b28-8-. The summed E-state index contributed by atoms with van der Waals surface area (Å²) in [6, 6.07) is 16.7. The summed E-state index contributed by atoms with van der Waals surface area (Å²) >= 11 is 0. The van der Waals surface area contributed by atoms with Gasteiger partial charge in [-0.15, -0.1) is 5.73 Å². The highest BCUT2D eigenvalue weighted by atomic mass is 19.1. The molecule has 0 bridgehead atoms. The molecule has 0 heterocycles. The summed E-state index contributed by atoms with van der Waals surface area (Å²) in [5.74, 6) is -0.191. The van der Waals surface area contributed by atoms with E-state index in [0.29, 0.717) is 11.0 Å². The predicted molar refractivity (Wildman–Crippen MR) is 165 cm³/mol. The number of allylic oxidation sites excluding steroid dienone is 6. The minimum atomic E-state index is -0.191. The van der Waals surface area contributed by atoms with Gasteiger partial charge in [-0.3, -0.25) is 0 Å². The average Bonchev–Trinajstić information content (AvgIpc) is 3.69. The van der Waals surface area contributed by atoms with E-state index in [9.17, 15) is 4.39 Å². The van der Waals surface area contributed by atoms with Crippen molar-refractivity contribution in [3.63, 3.8) is 0 Å². The topological polar surface area (TPSA) is 0 Å². The third kappa shape index (κ3) is 4.93. The molecule has 0 atom stereocenters. The Balaban J connectivity index is 1.52. The SMILES string of the molecule is C=C=C(Cc1cccc(-c2cccc(-c3cc(F)c(C)c(C(=C)C)c3)c2C)c1C)C1=CC/C(=C/C)CC12CC2. The van der Waals surface area contributed by atoms with Crippen LogP contribution in [0.4, 0.5) is 4.39 Å². The minimum Gasteiger partial charge on any atom is -0.207 e. The summed E-state index contributed by atoms with van der Waals surface area (Å²) in [6.07, 6.45) is 10.3. The van der Waals surface area contributed by atoms with Crippen molar-refractivity contribution < 1.29 is 4.39 Å². The maximum atomic E-state index is 14.9. The third-order valence-electron chi connectivity index (χ3n) is 9.06. The van der Waals surface area contributed by atoms with Gasteiger partial charge < -0.3 is 0 Å². The zero-order valence-electron chi connectivity index (χ0n) is 24.1. The molecular weight excluding hydrogens is 475 g/mol. The minimum absolute atomic E-state index is 0.191. The van der Waals surface area contributed by atoms with Crippen LogP contribution in [0.3, 0.4) is 0 Å². The molecule has 0 saturated heterocycles. The van der Waals surface area contributed by atoms with Crippen LogP contribution in [0.1, 0.15) is 67.3 Å². The average molecular weight is 515 g/mol. The number of hydrogen-bond donors (Lipinski definition) is 0. The second kappa shape index (κ2) is 10.5. The number of benzene rings is 3. The Labute approximate surface area is 234 Å². The van der Waals surface area contributed by atoms with Crippen molar-refractivity contribution in [1.29, 1.82) is 0 Å². The van der Waals surface area contributed by atoms with E-state index in [2.05, 4.69) is 94.3 Å². The van der Waals surface area contributed by atoms with E-state index in [1.165, 1.54) is 52.7 Å². The van der Waals surface area contributed by atoms with Crippen molar-refractivity contribution in [2.24, 2.45) is 5.41 Å². The monoisotopic (exact) mass is 514 g/mol. The Hall–Kier alpha value is -3.67. The van der Waals surface area contributed by atoms with Crippen molar-refractivity contribution in [1.82, 2.24) is 0 Å². The van der Waals surface area contributed by atoms with Crippen LogP contribution in [0.2, 0.25) is 0 Å². The quantitative estimate of drug-likeness (QED) is 0.227. The predicted octanol–water partition coefficient (Wildman–Crippen LogP) is 10.8. The molecule has 0 N–H and O–H groups in total. The first-order valence-corrected chi connectivity index (χ1v) is 14.1. The van der Waals surface area contributed by atoms with Gasteiger partial charge >= 0.3 is 0 Å². The molecule has 3 aromatic rings. The van der Waals surface area contributed by atoms with E-state index < -0.39 is 0 Å². The molecule has 2 aliphatic carbocycles. The highest BCUT2D eigenvalue weighted by molar-refractivity contribution is 5.82. The first-order valence-electron chi connectivity index (χ1n) is 14.1. The van der Waals surface area contributed by atoms with Crippen LogP contribution in [-0.2, 0) is 6.42 Å². The number of hydrogen-bond acceptors (Lipinski definition) is 0. The smallest absolute Gasteiger partial charge is 0.127 e. The summed E-state index contributed by atoms with van der Waals surface area (Å²) in [5, 5.41) is 0. The van der Waals surface area contributed by atoms with Crippen LogP contribution >= 0.6 is 0 Å². The van der Waals surface area contributed by atoms with Gasteiger partial charge in [0.15, 0.2) is 0 Å². The molecule has 198 valence electrons. The van der Waals surface area contributed by atoms with Gasteiger partial charge in [0.1, 0.15) is 5.82 Å². The molecule has 0 unspecified atom stereocenters. The Morgan fingerprint density at radius 1 is 0.974 bits per heavy atom.